The highest BCUT2D eigenvalue weighted by Gasteiger charge is 2.44. The van der Waals surface area contributed by atoms with Gasteiger partial charge < -0.3 is 45.6 Å². The lowest BCUT2D eigenvalue weighted by atomic mass is 9.89. The molecule has 10 atom stereocenters. The van der Waals surface area contributed by atoms with Gasteiger partial charge in [0.2, 0.25) is 29.5 Å². The predicted molar refractivity (Wildman–Crippen MR) is 218 cm³/mol. The van der Waals surface area contributed by atoms with Crippen molar-refractivity contribution in [2.45, 2.75) is 136 Å². The van der Waals surface area contributed by atoms with E-state index in [0.29, 0.717) is 25.8 Å². The largest absolute Gasteiger partial charge is 0.480 e. The molecular formula is C42H70N6O9. The molecule has 322 valence electrons. The first-order valence-corrected chi connectivity index (χ1v) is 20.2. The van der Waals surface area contributed by atoms with Crippen molar-refractivity contribution in [3.63, 3.8) is 0 Å². The van der Waals surface area contributed by atoms with Gasteiger partial charge in [-0.3, -0.25) is 24.0 Å². The zero-order chi connectivity index (χ0) is 43.3. The van der Waals surface area contributed by atoms with E-state index in [4.69, 9.17) is 15.2 Å². The van der Waals surface area contributed by atoms with Crippen LogP contribution in [0.4, 0.5) is 0 Å². The van der Waals surface area contributed by atoms with Crippen LogP contribution < -0.4 is 16.4 Å². The summed E-state index contributed by atoms with van der Waals surface area (Å²) in [6.07, 6.45) is 0.540. The lowest BCUT2D eigenvalue weighted by molar-refractivity contribution is -0.149. The molecule has 1 aliphatic rings. The quantitative estimate of drug-likeness (QED) is 0.135. The number of aliphatic carboxylic acids is 1. The summed E-state index contributed by atoms with van der Waals surface area (Å²) in [6, 6.07) is 4.29. The van der Waals surface area contributed by atoms with Crippen molar-refractivity contribution in [2.24, 2.45) is 29.4 Å². The van der Waals surface area contributed by atoms with E-state index in [2.05, 4.69) is 10.6 Å². The fourth-order valence-corrected chi connectivity index (χ4v) is 8.01. The van der Waals surface area contributed by atoms with Gasteiger partial charge in [-0.2, -0.15) is 0 Å². The summed E-state index contributed by atoms with van der Waals surface area (Å²) in [6.45, 7) is 14.9. The summed E-state index contributed by atoms with van der Waals surface area (Å²) in [7, 11) is 6.18. The molecule has 0 aromatic heterocycles. The Bertz CT molecular complexity index is 1490. The number of methoxy groups -OCH3 is 2. The van der Waals surface area contributed by atoms with Gasteiger partial charge in [-0.1, -0.05) is 85.2 Å². The standard InChI is InChI=1S/C42H70N6O9/c1-13-26(6)36(47(10)41(53)34(24(2)3)45-39(51)35(25(4)5)46(9)40(52)28(8)43)32(56-11)23-33(49)48-21-17-20-31(48)37(57-12)27(7)38(50)44-30(42(54)55)22-29-18-15-14-16-19-29/h14-16,18-19,24-28,30-32,34-37H,13,17,20-23,43H2,1-12H3,(H,44,50)(H,45,51)(H,54,55)/t26-,27+,28-,30-,31-,32+,34?,35-,36-,37+/m0/s1. The molecule has 57 heavy (non-hydrogen) atoms. The summed E-state index contributed by atoms with van der Waals surface area (Å²) < 4.78 is 11.9. The first-order chi connectivity index (χ1) is 26.7. The van der Waals surface area contributed by atoms with Gasteiger partial charge in [-0.15, -0.1) is 0 Å². The summed E-state index contributed by atoms with van der Waals surface area (Å²) in [5.74, 6) is -4.55. The highest BCUT2D eigenvalue weighted by atomic mass is 16.5. The van der Waals surface area contributed by atoms with Gasteiger partial charge in [0.1, 0.15) is 18.1 Å². The smallest absolute Gasteiger partial charge is 0.326 e. The average molecular weight is 803 g/mol. The predicted octanol–water partition coefficient (Wildman–Crippen LogP) is 2.69. The number of likely N-dealkylation sites (N-methyl/N-ethyl adjacent to an activating group) is 2. The van der Waals surface area contributed by atoms with Crippen molar-refractivity contribution in [2.75, 3.05) is 34.9 Å². The number of carboxylic acids is 1. The van der Waals surface area contributed by atoms with Crippen LogP contribution in [0, 0.1) is 23.7 Å². The van der Waals surface area contributed by atoms with Gasteiger partial charge in [-0.05, 0) is 43.1 Å². The first-order valence-electron chi connectivity index (χ1n) is 20.2. The van der Waals surface area contributed by atoms with Crippen LogP contribution in [0.15, 0.2) is 30.3 Å². The lowest BCUT2D eigenvalue weighted by Crippen LogP contribution is -2.61. The van der Waals surface area contributed by atoms with Crippen LogP contribution >= 0.6 is 0 Å². The Morgan fingerprint density at radius 3 is 1.98 bits per heavy atom. The zero-order valence-electron chi connectivity index (χ0n) is 36.2. The molecule has 0 spiro atoms. The monoisotopic (exact) mass is 803 g/mol. The molecule has 1 heterocycles. The number of carboxylic acid groups (broad SMARTS) is 1. The number of hydrogen-bond acceptors (Lipinski definition) is 9. The minimum Gasteiger partial charge on any atom is -0.480 e. The van der Waals surface area contributed by atoms with Crippen molar-refractivity contribution in [1.29, 1.82) is 0 Å². The van der Waals surface area contributed by atoms with Gasteiger partial charge in [0.05, 0.1) is 42.7 Å². The number of amides is 5. The van der Waals surface area contributed by atoms with Crippen LogP contribution in [0.1, 0.15) is 86.6 Å². The van der Waals surface area contributed by atoms with Crippen molar-refractivity contribution in [3.05, 3.63) is 35.9 Å². The molecule has 1 aromatic rings. The molecule has 0 radical (unpaired) electrons. The van der Waals surface area contributed by atoms with E-state index in [1.165, 1.54) is 26.2 Å². The molecule has 2 rings (SSSR count). The summed E-state index contributed by atoms with van der Waals surface area (Å²) in [5.41, 5.74) is 6.61. The second-order valence-corrected chi connectivity index (χ2v) is 16.3. The Hall–Kier alpha value is -4.08. The van der Waals surface area contributed by atoms with Crippen molar-refractivity contribution in [1.82, 2.24) is 25.3 Å². The topological polar surface area (TPSA) is 201 Å². The minimum absolute atomic E-state index is 0.0624. The molecule has 0 aliphatic carbocycles. The summed E-state index contributed by atoms with van der Waals surface area (Å²) >= 11 is 0. The maximum atomic E-state index is 14.4. The third-order valence-corrected chi connectivity index (χ3v) is 11.4. The molecule has 0 bridgehead atoms. The fraction of sp³-hybridized carbons (Fsp3) is 0.714. The summed E-state index contributed by atoms with van der Waals surface area (Å²) in [4.78, 5) is 85.3. The number of carbonyl (C=O) groups is 6. The number of hydrogen-bond donors (Lipinski definition) is 4. The maximum Gasteiger partial charge on any atom is 0.326 e. The van der Waals surface area contributed by atoms with Gasteiger partial charge in [0.25, 0.3) is 0 Å². The molecule has 15 heteroatoms. The van der Waals surface area contributed by atoms with Gasteiger partial charge in [-0.25, -0.2) is 4.79 Å². The highest BCUT2D eigenvalue weighted by molar-refractivity contribution is 5.93. The van der Waals surface area contributed by atoms with E-state index in [1.54, 1.807) is 55.0 Å². The Labute approximate surface area is 339 Å². The molecule has 5 N–H and O–H groups in total. The van der Waals surface area contributed by atoms with Crippen LogP contribution in [-0.4, -0.2) is 139 Å². The van der Waals surface area contributed by atoms with Gasteiger partial charge in [0, 0.05) is 41.3 Å². The number of nitrogens with zero attached hydrogens (tertiary/aromatic N) is 3. The number of likely N-dealkylation sites (tertiary alicyclic amines) is 1. The van der Waals surface area contributed by atoms with E-state index in [1.807, 2.05) is 47.6 Å². The number of nitrogens with one attached hydrogen (secondary N) is 2. The molecule has 1 aliphatic heterocycles. The van der Waals surface area contributed by atoms with Crippen molar-refractivity contribution in [3.8, 4) is 0 Å². The van der Waals surface area contributed by atoms with E-state index in [0.717, 1.165) is 5.56 Å². The molecule has 1 aromatic carbocycles. The molecule has 15 nitrogen and oxygen atoms in total. The molecule has 1 fully saturated rings. The van der Waals surface area contributed by atoms with Crippen LogP contribution in [0.2, 0.25) is 0 Å². The van der Waals surface area contributed by atoms with Crippen LogP contribution in [0.5, 0.6) is 0 Å². The third kappa shape index (κ3) is 13.0. The second kappa shape index (κ2) is 22.8. The lowest BCUT2D eigenvalue weighted by Gasteiger charge is -2.41. The molecule has 1 saturated heterocycles. The van der Waals surface area contributed by atoms with Gasteiger partial charge in [0.15, 0.2) is 0 Å². The first kappa shape index (κ1) is 49.1. The van der Waals surface area contributed by atoms with Crippen LogP contribution in [0.25, 0.3) is 0 Å². The van der Waals surface area contributed by atoms with Gasteiger partial charge >= 0.3 is 5.97 Å². The van der Waals surface area contributed by atoms with Crippen LogP contribution in [-0.2, 0) is 44.7 Å². The SMILES string of the molecule is CC[C@H](C)[C@@H]([C@@H](CC(=O)N1CCC[C@H]1[C@H](OC)[C@@H](C)C(=O)N[C@@H](Cc1ccccc1)C(=O)O)OC)N(C)C(=O)C(NC(=O)[C@H](C(C)C)N(C)C(=O)[C@H](C)N)C(C)C. The second-order valence-electron chi connectivity index (χ2n) is 16.3. The molecule has 5 amide bonds. The number of nitrogens with two attached hydrogens (primary N) is 1. The Kier molecular flexibility index (Phi) is 19.6. The third-order valence-electron chi connectivity index (χ3n) is 11.4. The number of carbonyl (C=O) groups excluding carboxylic acids is 5. The maximum absolute atomic E-state index is 14.4. The fourth-order valence-electron chi connectivity index (χ4n) is 8.01. The molecule has 1 unspecified atom stereocenters. The van der Waals surface area contributed by atoms with E-state index in [-0.39, 0.29) is 42.4 Å². The Morgan fingerprint density at radius 2 is 1.49 bits per heavy atom. The average Bonchev–Trinajstić information content (AvgIpc) is 3.65. The van der Waals surface area contributed by atoms with Crippen molar-refractivity contribution >= 4 is 35.5 Å². The number of rotatable bonds is 22. The zero-order valence-corrected chi connectivity index (χ0v) is 36.2. The Balaban J connectivity index is 2.30. The Morgan fingerprint density at radius 1 is 0.877 bits per heavy atom. The minimum atomic E-state index is -1.15. The van der Waals surface area contributed by atoms with E-state index in [9.17, 15) is 33.9 Å². The van der Waals surface area contributed by atoms with E-state index >= 15 is 0 Å². The normalized spacial score (nSPS) is 19.1. The molecular weight excluding hydrogens is 732 g/mol. The highest BCUT2D eigenvalue weighted by Crippen LogP contribution is 2.30. The van der Waals surface area contributed by atoms with Crippen LogP contribution in [0.3, 0.4) is 0 Å². The summed E-state index contributed by atoms with van der Waals surface area (Å²) in [5, 5.41) is 15.5. The number of benzene rings is 1. The van der Waals surface area contributed by atoms with Crippen molar-refractivity contribution < 1.29 is 43.3 Å². The number of ether oxygens (including phenoxy) is 2. The van der Waals surface area contributed by atoms with E-state index < -0.39 is 78.1 Å². The molecule has 0 saturated carbocycles.